The minimum atomic E-state index is 0.840. The lowest BCUT2D eigenvalue weighted by molar-refractivity contribution is 0.348. The largest absolute Gasteiger partial charge is 0.364 e. The molecular weight excluding hydrogens is 302 g/mol. The van der Waals surface area contributed by atoms with Gasteiger partial charge in [-0.1, -0.05) is 67.3 Å². The second kappa shape index (κ2) is 7.91. The Morgan fingerprint density at radius 2 is 1.44 bits per heavy atom. The molecule has 0 bridgehead atoms. The van der Waals surface area contributed by atoms with Crippen LogP contribution >= 0.6 is 0 Å². The molecule has 1 aromatic heterocycles. The molecule has 1 fully saturated rings. The lowest BCUT2D eigenvalue weighted by atomic mass is 9.79. The maximum absolute atomic E-state index is 3.20. The lowest BCUT2D eigenvalue weighted by Crippen LogP contribution is -2.10. The number of benzene rings is 2. The van der Waals surface area contributed by atoms with Crippen LogP contribution in [0, 0.1) is 26.7 Å². The first-order valence-electron chi connectivity index (χ1n) is 9.64. The van der Waals surface area contributed by atoms with E-state index < -0.39 is 0 Å². The molecule has 0 unspecified atom stereocenters. The SMILES string of the molecule is Cc1ccc(C2CCC(C)CC2)cc1.Cc1ccc2c(C)[nH]cc2c1. The number of fused-ring (bicyclic) bond motifs is 1. The molecule has 3 aromatic rings. The van der Waals surface area contributed by atoms with Gasteiger partial charge in [0, 0.05) is 17.3 Å². The van der Waals surface area contributed by atoms with E-state index in [-0.39, 0.29) is 0 Å². The summed E-state index contributed by atoms with van der Waals surface area (Å²) in [5.74, 6) is 1.79. The molecule has 132 valence electrons. The average Bonchev–Trinajstić information content (AvgIpc) is 2.97. The maximum atomic E-state index is 3.20. The van der Waals surface area contributed by atoms with Gasteiger partial charge in [-0.2, -0.15) is 0 Å². The number of H-pyrrole nitrogens is 1. The number of nitrogens with one attached hydrogen (secondary N) is 1. The summed E-state index contributed by atoms with van der Waals surface area (Å²) < 4.78 is 0. The highest BCUT2D eigenvalue weighted by atomic mass is 14.7. The molecule has 25 heavy (non-hydrogen) atoms. The Bertz CT molecular complexity index is 802. The van der Waals surface area contributed by atoms with Gasteiger partial charge >= 0.3 is 0 Å². The van der Waals surface area contributed by atoms with Crippen molar-refractivity contribution in [2.24, 2.45) is 5.92 Å². The van der Waals surface area contributed by atoms with Gasteiger partial charge in [-0.15, -0.1) is 0 Å². The smallest absolute Gasteiger partial charge is 0.0195 e. The van der Waals surface area contributed by atoms with Crippen LogP contribution in [0.15, 0.2) is 48.7 Å². The third kappa shape index (κ3) is 4.54. The highest BCUT2D eigenvalue weighted by Gasteiger charge is 2.19. The normalized spacial score (nSPS) is 20.2. The van der Waals surface area contributed by atoms with E-state index in [1.165, 1.54) is 53.3 Å². The lowest BCUT2D eigenvalue weighted by Gasteiger charge is -2.26. The monoisotopic (exact) mass is 333 g/mol. The Labute approximate surface area is 152 Å². The topological polar surface area (TPSA) is 15.8 Å². The van der Waals surface area contributed by atoms with Crippen molar-refractivity contribution in [3.8, 4) is 0 Å². The van der Waals surface area contributed by atoms with Crippen LogP contribution in [0.4, 0.5) is 0 Å². The van der Waals surface area contributed by atoms with Gasteiger partial charge in [-0.3, -0.25) is 0 Å². The Morgan fingerprint density at radius 1 is 0.800 bits per heavy atom. The predicted molar refractivity (Wildman–Crippen MR) is 109 cm³/mol. The summed E-state index contributed by atoms with van der Waals surface area (Å²) in [4.78, 5) is 3.20. The van der Waals surface area contributed by atoms with Gasteiger partial charge in [-0.05, 0) is 62.5 Å². The van der Waals surface area contributed by atoms with Crippen molar-refractivity contribution >= 4 is 10.8 Å². The zero-order chi connectivity index (χ0) is 17.8. The number of hydrogen-bond donors (Lipinski definition) is 1. The van der Waals surface area contributed by atoms with Gasteiger partial charge in [-0.25, -0.2) is 0 Å². The van der Waals surface area contributed by atoms with E-state index in [9.17, 15) is 0 Å². The Morgan fingerprint density at radius 3 is 2.12 bits per heavy atom. The minimum Gasteiger partial charge on any atom is -0.364 e. The first-order chi connectivity index (χ1) is 12.0. The van der Waals surface area contributed by atoms with Crippen molar-refractivity contribution in [1.82, 2.24) is 4.98 Å². The average molecular weight is 334 g/mol. The van der Waals surface area contributed by atoms with E-state index in [0.29, 0.717) is 0 Å². The molecule has 1 N–H and O–H groups in total. The van der Waals surface area contributed by atoms with E-state index >= 15 is 0 Å². The highest BCUT2D eigenvalue weighted by molar-refractivity contribution is 5.85. The summed E-state index contributed by atoms with van der Waals surface area (Å²) >= 11 is 0. The summed E-state index contributed by atoms with van der Waals surface area (Å²) in [6, 6.07) is 15.6. The molecule has 1 nitrogen and oxygen atoms in total. The fourth-order valence-electron chi connectivity index (χ4n) is 3.84. The predicted octanol–water partition coefficient (Wildman–Crippen LogP) is 7.07. The summed E-state index contributed by atoms with van der Waals surface area (Å²) in [5.41, 5.74) is 5.50. The molecule has 1 heteroatoms. The summed E-state index contributed by atoms with van der Waals surface area (Å²) in [7, 11) is 0. The van der Waals surface area contributed by atoms with Crippen molar-refractivity contribution in [3.63, 3.8) is 0 Å². The molecule has 4 rings (SSSR count). The molecule has 1 heterocycles. The van der Waals surface area contributed by atoms with Crippen LogP contribution in [0.5, 0.6) is 0 Å². The van der Waals surface area contributed by atoms with Crippen LogP contribution in [-0.4, -0.2) is 4.98 Å². The maximum Gasteiger partial charge on any atom is 0.0195 e. The molecule has 1 aliphatic rings. The van der Waals surface area contributed by atoms with Crippen LogP contribution < -0.4 is 0 Å². The molecule has 0 atom stereocenters. The van der Waals surface area contributed by atoms with E-state index in [1.54, 1.807) is 5.56 Å². The fourth-order valence-corrected chi connectivity index (χ4v) is 3.84. The summed E-state index contributed by atoms with van der Waals surface area (Å²) in [5, 5.41) is 2.64. The van der Waals surface area contributed by atoms with E-state index in [4.69, 9.17) is 0 Å². The molecule has 0 radical (unpaired) electrons. The number of aromatic nitrogens is 1. The third-order valence-electron chi connectivity index (χ3n) is 5.62. The molecule has 0 amide bonds. The van der Waals surface area contributed by atoms with Gasteiger partial charge in [0.2, 0.25) is 0 Å². The fraction of sp³-hybridized carbons (Fsp3) is 0.417. The van der Waals surface area contributed by atoms with Crippen molar-refractivity contribution in [3.05, 3.63) is 71.0 Å². The van der Waals surface area contributed by atoms with Crippen LogP contribution in [0.2, 0.25) is 0 Å². The molecule has 0 aliphatic heterocycles. The van der Waals surface area contributed by atoms with E-state index in [0.717, 1.165) is 11.8 Å². The van der Waals surface area contributed by atoms with Crippen molar-refractivity contribution in [1.29, 1.82) is 0 Å². The van der Waals surface area contributed by atoms with Crippen LogP contribution in [0.25, 0.3) is 10.8 Å². The highest BCUT2D eigenvalue weighted by Crippen LogP contribution is 2.35. The zero-order valence-corrected chi connectivity index (χ0v) is 16.1. The van der Waals surface area contributed by atoms with Crippen molar-refractivity contribution in [2.45, 2.75) is 59.3 Å². The van der Waals surface area contributed by atoms with Gasteiger partial charge in [0.15, 0.2) is 0 Å². The van der Waals surface area contributed by atoms with Gasteiger partial charge < -0.3 is 4.98 Å². The van der Waals surface area contributed by atoms with Gasteiger partial charge in [0.25, 0.3) is 0 Å². The van der Waals surface area contributed by atoms with Gasteiger partial charge in [0.05, 0.1) is 0 Å². The number of hydrogen-bond acceptors (Lipinski definition) is 0. The van der Waals surface area contributed by atoms with Crippen molar-refractivity contribution < 1.29 is 0 Å². The van der Waals surface area contributed by atoms with Crippen LogP contribution in [0.3, 0.4) is 0 Å². The third-order valence-corrected chi connectivity index (χ3v) is 5.62. The molecule has 1 aliphatic carbocycles. The quantitative estimate of drug-likeness (QED) is 0.490. The Hall–Kier alpha value is -2.02. The number of rotatable bonds is 1. The van der Waals surface area contributed by atoms with E-state index in [2.05, 4.69) is 81.3 Å². The second-order valence-corrected chi connectivity index (χ2v) is 7.87. The molecule has 0 spiro atoms. The second-order valence-electron chi connectivity index (χ2n) is 7.87. The first kappa shape index (κ1) is 17.8. The molecule has 0 saturated heterocycles. The first-order valence-corrected chi connectivity index (χ1v) is 9.64. The molecular formula is C24H31N. The van der Waals surface area contributed by atoms with Crippen LogP contribution in [-0.2, 0) is 0 Å². The zero-order valence-electron chi connectivity index (χ0n) is 16.1. The molecule has 1 saturated carbocycles. The number of aromatic amines is 1. The summed E-state index contributed by atoms with van der Waals surface area (Å²) in [6.45, 7) is 8.75. The number of aryl methyl sites for hydroxylation is 3. The van der Waals surface area contributed by atoms with Crippen molar-refractivity contribution in [2.75, 3.05) is 0 Å². The van der Waals surface area contributed by atoms with Crippen LogP contribution in [0.1, 0.15) is 60.9 Å². The molecule has 2 aromatic carbocycles. The van der Waals surface area contributed by atoms with Gasteiger partial charge in [0.1, 0.15) is 0 Å². The van der Waals surface area contributed by atoms with E-state index in [1.807, 2.05) is 0 Å². The summed E-state index contributed by atoms with van der Waals surface area (Å²) in [6.07, 6.45) is 7.67. The minimum absolute atomic E-state index is 0.840. The Kier molecular flexibility index (Phi) is 5.63. The standard InChI is InChI=1S/C14H20.C10H11N/c1-11-3-7-13(8-4-11)14-9-5-12(2)6-10-14;1-7-3-4-10-8(2)11-6-9(10)5-7/h3-4,7-8,12,14H,5-6,9-10H2,1-2H3;3-6,11H,1-2H3. The Balaban J connectivity index is 0.000000150.